The van der Waals surface area contributed by atoms with Crippen LogP contribution in [0.2, 0.25) is 0 Å². The van der Waals surface area contributed by atoms with Crippen LogP contribution in [0.4, 0.5) is 0 Å². The number of nitrogens with two attached hydrogens (primary N) is 1. The van der Waals surface area contributed by atoms with Crippen LogP contribution in [0, 0.1) is 27.7 Å². The Bertz CT molecular complexity index is 532. The fraction of sp³-hybridized carbons (Fsp3) is 0.357. The minimum atomic E-state index is 0.456. The second kappa shape index (κ2) is 4.34. The molecule has 17 heavy (non-hydrogen) atoms. The first-order valence-electron chi connectivity index (χ1n) is 5.78. The summed E-state index contributed by atoms with van der Waals surface area (Å²) in [7, 11) is 0. The molecule has 0 saturated carbocycles. The highest BCUT2D eigenvalue weighted by molar-refractivity contribution is 5.70. The van der Waals surface area contributed by atoms with Crippen molar-refractivity contribution in [1.29, 1.82) is 0 Å². The van der Waals surface area contributed by atoms with Gasteiger partial charge in [0.25, 0.3) is 0 Å². The predicted molar refractivity (Wildman–Crippen MR) is 68.8 cm³/mol. The van der Waals surface area contributed by atoms with Crippen LogP contribution in [0.5, 0.6) is 0 Å². The van der Waals surface area contributed by atoms with Gasteiger partial charge >= 0.3 is 0 Å². The molecule has 3 nitrogen and oxygen atoms in total. The summed E-state index contributed by atoms with van der Waals surface area (Å²) in [4.78, 5) is 0. The van der Waals surface area contributed by atoms with E-state index in [2.05, 4.69) is 38.1 Å². The van der Waals surface area contributed by atoms with Crippen LogP contribution in [0.25, 0.3) is 11.3 Å². The van der Waals surface area contributed by atoms with Gasteiger partial charge in [0, 0.05) is 17.7 Å². The Hall–Kier alpha value is -1.61. The van der Waals surface area contributed by atoms with Crippen molar-refractivity contribution in [2.24, 2.45) is 5.73 Å². The molecule has 3 heteroatoms. The Morgan fingerprint density at radius 3 is 2.24 bits per heavy atom. The number of nitrogens with zero attached hydrogens (tertiary/aromatic N) is 1. The zero-order valence-corrected chi connectivity index (χ0v) is 10.8. The van der Waals surface area contributed by atoms with E-state index in [0.717, 1.165) is 22.6 Å². The van der Waals surface area contributed by atoms with E-state index in [4.69, 9.17) is 10.3 Å². The Kier molecular flexibility index (Phi) is 3.03. The average molecular weight is 230 g/mol. The van der Waals surface area contributed by atoms with Crippen LogP contribution in [0.15, 0.2) is 16.7 Å². The molecule has 0 amide bonds. The number of hydrogen-bond acceptors (Lipinski definition) is 3. The lowest BCUT2D eigenvalue weighted by atomic mass is 9.95. The fourth-order valence-corrected chi connectivity index (χ4v) is 2.36. The predicted octanol–water partition coefficient (Wildman–Crippen LogP) is 3.03. The molecular formula is C14H18N2O. The molecule has 0 saturated heterocycles. The van der Waals surface area contributed by atoms with Crippen molar-refractivity contribution in [3.05, 3.63) is 40.1 Å². The molecule has 1 aromatic heterocycles. The van der Waals surface area contributed by atoms with Gasteiger partial charge in [0.1, 0.15) is 0 Å². The summed E-state index contributed by atoms with van der Waals surface area (Å²) in [5, 5.41) is 4.01. The maximum Gasteiger partial charge on any atom is 0.172 e. The molecule has 0 radical (unpaired) electrons. The lowest BCUT2D eigenvalue weighted by Gasteiger charge is -2.09. The maximum atomic E-state index is 5.76. The van der Waals surface area contributed by atoms with Gasteiger partial charge in [-0.2, -0.15) is 0 Å². The molecule has 2 rings (SSSR count). The molecule has 0 fully saturated rings. The molecule has 0 unspecified atom stereocenters. The Morgan fingerprint density at radius 1 is 1.12 bits per heavy atom. The van der Waals surface area contributed by atoms with Crippen molar-refractivity contribution >= 4 is 0 Å². The van der Waals surface area contributed by atoms with Gasteiger partial charge in [0.2, 0.25) is 0 Å². The summed E-state index contributed by atoms with van der Waals surface area (Å²) in [6, 6.07) is 4.31. The monoisotopic (exact) mass is 230 g/mol. The minimum Gasteiger partial charge on any atom is -0.356 e. The molecule has 0 bridgehead atoms. The SMILES string of the molecule is Cc1cc(C)c(-c2onc(C)c2CN)c(C)c1. The lowest BCUT2D eigenvalue weighted by molar-refractivity contribution is 0.426. The zero-order valence-electron chi connectivity index (χ0n) is 10.8. The van der Waals surface area contributed by atoms with E-state index in [1.165, 1.54) is 16.7 Å². The van der Waals surface area contributed by atoms with Crippen LogP contribution in [0.1, 0.15) is 27.9 Å². The number of rotatable bonds is 2. The van der Waals surface area contributed by atoms with Gasteiger partial charge in [0.15, 0.2) is 5.76 Å². The topological polar surface area (TPSA) is 52.0 Å². The second-order valence-corrected chi connectivity index (χ2v) is 4.55. The van der Waals surface area contributed by atoms with Crippen LogP contribution in [-0.4, -0.2) is 5.16 Å². The summed E-state index contributed by atoms with van der Waals surface area (Å²) in [5.74, 6) is 0.819. The number of aryl methyl sites for hydroxylation is 4. The molecule has 2 aromatic rings. The van der Waals surface area contributed by atoms with Crippen LogP contribution in [0.3, 0.4) is 0 Å². The van der Waals surface area contributed by atoms with E-state index in [9.17, 15) is 0 Å². The summed E-state index contributed by atoms with van der Waals surface area (Å²) in [6.07, 6.45) is 0. The maximum absolute atomic E-state index is 5.76. The smallest absolute Gasteiger partial charge is 0.172 e. The van der Waals surface area contributed by atoms with Gasteiger partial charge in [-0.1, -0.05) is 22.9 Å². The quantitative estimate of drug-likeness (QED) is 0.862. The largest absolute Gasteiger partial charge is 0.356 e. The summed E-state index contributed by atoms with van der Waals surface area (Å²) in [5.41, 5.74) is 12.4. The molecule has 0 spiro atoms. The van der Waals surface area contributed by atoms with Crippen molar-refractivity contribution in [1.82, 2.24) is 5.16 Å². The van der Waals surface area contributed by atoms with E-state index < -0.39 is 0 Å². The highest BCUT2D eigenvalue weighted by Gasteiger charge is 2.17. The normalized spacial score (nSPS) is 10.9. The van der Waals surface area contributed by atoms with Crippen LogP contribution < -0.4 is 5.73 Å². The molecule has 1 aromatic carbocycles. The van der Waals surface area contributed by atoms with E-state index in [-0.39, 0.29) is 0 Å². The Morgan fingerprint density at radius 2 is 1.71 bits per heavy atom. The molecule has 0 aliphatic carbocycles. The molecular weight excluding hydrogens is 212 g/mol. The van der Waals surface area contributed by atoms with Gasteiger partial charge in [-0.15, -0.1) is 0 Å². The van der Waals surface area contributed by atoms with E-state index in [0.29, 0.717) is 6.54 Å². The summed E-state index contributed by atoms with van der Waals surface area (Å²) < 4.78 is 5.44. The molecule has 90 valence electrons. The van der Waals surface area contributed by atoms with E-state index in [1.54, 1.807) is 0 Å². The number of benzene rings is 1. The summed E-state index contributed by atoms with van der Waals surface area (Å²) in [6.45, 7) is 8.66. The summed E-state index contributed by atoms with van der Waals surface area (Å²) >= 11 is 0. The highest BCUT2D eigenvalue weighted by Crippen LogP contribution is 2.32. The van der Waals surface area contributed by atoms with Gasteiger partial charge < -0.3 is 10.3 Å². The highest BCUT2D eigenvalue weighted by atomic mass is 16.5. The van der Waals surface area contributed by atoms with E-state index in [1.807, 2.05) is 6.92 Å². The first-order valence-corrected chi connectivity index (χ1v) is 5.78. The van der Waals surface area contributed by atoms with Gasteiger partial charge in [-0.25, -0.2) is 0 Å². The van der Waals surface area contributed by atoms with Crippen molar-refractivity contribution in [2.75, 3.05) is 0 Å². The van der Waals surface area contributed by atoms with Gasteiger partial charge in [-0.3, -0.25) is 0 Å². The molecule has 0 aliphatic heterocycles. The molecule has 0 aliphatic rings. The third-order valence-electron chi connectivity index (χ3n) is 3.09. The number of aromatic nitrogens is 1. The zero-order chi connectivity index (χ0) is 12.6. The van der Waals surface area contributed by atoms with Crippen LogP contribution in [-0.2, 0) is 6.54 Å². The van der Waals surface area contributed by atoms with Gasteiger partial charge in [0.05, 0.1) is 5.69 Å². The standard InChI is InChI=1S/C14H18N2O/c1-8-5-9(2)13(10(3)6-8)14-12(7-15)11(4)16-17-14/h5-6H,7,15H2,1-4H3. The van der Waals surface area contributed by atoms with Crippen molar-refractivity contribution in [3.63, 3.8) is 0 Å². The third kappa shape index (κ3) is 1.98. The third-order valence-corrected chi connectivity index (χ3v) is 3.09. The van der Waals surface area contributed by atoms with Crippen molar-refractivity contribution < 1.29 is 4.52 Å². The first kappa shape index (κ1) is 11.9. The van der Waals surface area contributed by atoms with E-state index >= 15 is 0 Å². The minimum absolute atomic E-state index is 0.456. The Labute approximate surface area is 102 Å². The Balaban J connectivity index is 2.68. The molecule has 1 heterocycles. The van der Waals surface area contributed by atoms with Crippen molar-refractivity contribution in [2.45, 2.75) is 34.2 Å². The second-order valence-electron chi connectivity index (χ2n) is 4.55. The fourth-order valence-electron chi connectivity index (χ4n) is 2.36. The molecule has 2 N–H and O–H groups in total. The first-order chi connectivity index (χ1) is 8.04. The van der Waals surface area contributed by atoms with Gasteiger partial charge in [-0.05, 0) is 38.8 Å². The van der Waals surface area contributed by atoms with Crippen LogP contribution >= 0.6 is 0 Å². The van der Waals surface area contributed by atoms with Crippen molar-refractivity contribution in [3.8, 4) is 11.3 Å². The lowest BCUT2D eigenvalue weighted by Crippen LogP contribution is -2.00. The number of hydrogen-bond donors (Lipinski definition) is 1. The average Bonchev–Trinajstić information content (AvgIpc) is 2.58. The molecule has 0 atom stereocenters.